The van der Waals surface area contributed by atoms with Gasteiger partial charge in [-0.3, -0.25) is 4.90 Å². The quantitative estimate of drug-likeness (QED) is 0.620. The molecule has 0 N–H and O–H groups in total. The number of nitrogens with zero attached hydrogens (tertiary/aromatic N) is 1. The van der Waals surface area contributed by atoms with Crippen LogP contribution in [0.15, 0.2) is 12.3 Å². The first-order chi connectivity index (χ1) is 6.70. The monoisotopic (exact) mass is 199 g/mol. The molecule has 1 atom stereocenters. The van der Waals surface area contributed by atoms with Crippen LogP contribution in [0.25, 0.3) is 0 Å². The van der Waals surface area contributed by atoms with Crippen molar-refractivity contribution in [2.24, 2.45) is 0 Å². The molecule has 0 aliphatic carbocycles. The Morgan fingerprint density at radius 1 is 1.57 bits per heavy atom. The Morgan fingerprint density at radius 2 is 2.29 bits per heavy atom. The van der Waals surface area contributed by atoms with Gasteiger partial charge < -0.3 is 9.47 Å². The molecule has 0 fully saturated rings. The molecule has 0 saturated heterocycles. The Hall–Kier alpha value is -1.52. The first-order valence-corrected chi connectivity index (χ1v) is 4.40. The number of carbonyl (C=O) groups excluding carboxylic acids is 2. The second kappa shape index (κ2) is 4.64. The van der Waals surface area contributed by atoms with E-state index in [0.29, 0.717) is 13.0 Å². The zero-order chi connectivity index (χ0) is 10.6. The third-order valence-corrected chi connectivity index (χ3v) is 1.91. The van der Waals surface area contributed by atoms with Crippen molar-refractivity contribution in [3.05, 3.63) is 12.3 Å². The molecule has 1 aliphatic heterocycles. The van der Waals surface area contributed by atoms with Gasteiger partial charge in [0.15, 0.2) is 0 Å². The van der Waals surface area contributed by atoms with Gasteiger partial charge in [-0.05, 0) is 13.3 Å². The molecule has 0 saturated carbocycles. The molecule has 0 spiro atoms. The Morgan fingerprint density at radius 3 is 2.86 bits per heavy atom. The smallest absolute Gasteiger partial charge is 0.414 e. The van der Waals surface area contributed by atoms with Crippen molar-refractivity contribution < 1.29 is 19.1 Å². The van der Waals surface area contributed by atoms with Gasteiger partial charge in [-0.2, -0.15) is 0 Å². The SMILES string of the molecule is CCOC(=O)[C@@H]1CC=CN1C(=O)OC. The minimum Gasteiger partial charge on any atom is -0.464 e. The lowest BCUT2D eigenvalue weighted by Gasteiger charge is -2.20. The molecule has 1 rings (SSSR count). The van der Waals surface area contributed by atoms with Crippen LogP contribution in [0.2, 0.25) is 0 Å². The van der Waals surface area contributed by atoms with Crippen molar-refractivity contribution in [2.75, 3.05) is 13.7 Å². The largest absolute Gasteiger partial charge is 0.464 e. The molecule has 5 heteroatoms. The molecule has 0 aromatic carbocycles. The predicted octanol–water partition coefficient (Wildman–Crippen LogP) is 0.904. The molecule has 0 bridgehead atoms. The predicted molar refractivity (Wildman–Crippen MR) is 48.4 cm³/mol. The Bertz CT molecular complexity index is 262. The number of hydrogen-bond donors (Lipinski definition) is 0. The van der Waals surface area contributed by atoms with Gasteiger partial charge in [0.05, 0.1) is 13.7 Å². The Kier molecular flexibility index (Phi) is 3.50. The molecule has 0 unspecified atom stereocenters. The normalized spacial score (nSPS) is 19.6. The van der Waals surface area contributed by atoms with Crippen LogP contribution in [-0.2, 0) is 14.3 Å². The van der Waals surface area contributed by atoms with Crippen LogP contribution in [0.3, 0.4) is 0 Å². The fraction of sp³-hybridized carbons (Fsp3) is 0.556. The van der Waals surface area contributed by atoms with Gasteiger partial charge in [-0.1, -0.05) is 6.08 Å². The summed E-state index contributed by atoms with van der Waals surface area (Å²) in [6.45, 7) is 2.03. The third kappa shape index (κ3) is 2.04. The number of carbonyl (C=O) groups is 2. The van der Waals surface area contributed by atoms with Crippen molar-refractivity contribution in [2.45, 2.75) is 19.4 Å². The van der Waals surface area contributed by atoms with Crippen LogP contribution in [0.4, 0.5) is 4.79 Å². The van der Waals surface area contributed by atoms with E-state index in [9.17, 15) is 9.59 Å². The Balaban J connectivity index is 2.62. The van der Waals surface area contributed by atoms with Gasteiger partial charge in [0.1, 0.15) is 6.04 Å². The summed E-state index contributed by atoms with van der Waals surface area (Å²) in [5, 5.41) is 0. The molecule has 0 aromatic rings. The summed E-state index contributed by atoms with van der Waals surface area (Å²) in [6.07, 6.45) is 3.21. The summed E-state index contributed by atoms with van der Waals surface area (Å²) in [4.78, 5) is 23.8. The average Bonchev–Trinajstić information content (AvgIpc) is 2.65. The van der Waals surface area contributed by atoms with E-state index in [4.69, 9.17) is 4.74 Å². The number of esters is 1. The second-order valence-corrected chi connectivity index (χ2v) is 2.77. The summed E-state index contributed by atoms with van der Waals surface area (Å²) in [5.74, 6) is -0.400. The molecule has 5 nitrogen and oxygen atoms in total. The lowest BCUT2D eigenvalue weighted by Crippen LogP contribution is -2.39. The van der Waals surface area contributed by atoms with Crippen molar-refractivity contribution in [3.8, 4) is 0 Å². The average molecular weight is 199 g/mol. The highest BCUT2D eigenvalue weighted by Gasteiger charge is 2.32. The maximum absolute atomic E-state index is 11.4. The summed E-state index contributed by atoms with van der Waals surface area (Å²) < 4.78 is 9.34. The summed E-state index contributed by atoms with van der Waals surface area (Å²) in [6, 6.07) is -0.567. The number of amides is 1. The molecular weight excluding hydrogens is 186 g/mol. The molecule has 1 aliphatic rings. The zero-order valence-corrected chi connectivity index (χ0v) is 8.23. The first kappa shape index (κ1) is 10.6. The minimum atomic E-state index is -0.567. The minimum absolute atomic E-state index is 0.310. The summed E-state index contributed by atoms with van der Waals surface area (Å²) in [5.41, 5.74) is 0. The van der Waals surface area contributed by atoms with Crippen molar-refractivity contribution in [1.29, 1.82) is 0 Å². The Labute approximate surface area is 82.3 Å². The standard InChI is InChI=1S/C9H13NO4/c1-3-14-8(11)7-5-4-6-10(7)9(12)13-2/h4,6-7H,3,5H2,1-2H3/t7-/m0/s1. The molecule has 1 amide bonds. The molecular formula is C9H13NO4. The maximum Gasteiger partial charge on any atom is 0.414 e. The lowest BCUT2D eigenvalue weighted by atomic mass is 10.2. The van der Waals surface area contributed by atoms with Crippen LogP contribution >= 0.6 is 0 Å². The molecule has 0 radical (unpaired) electrons. The highest BCUT2D eigenvalue weighted by atomic mass is 16.6. The molecule has 14 heavy (non-hydrogen) atoms. The number of ether oxygens (including phenoxy) is 2. The van der Waals surface area contributed by atoms with E-state index in [1.54, 1.807) is 13.0 Å². The summed E-state index contributed by atoms with van der Waals surface area (Å²) >= 11 is 0. The van der Waals surface area contributed by atoms with Crippen molar-refractivity contribution in [3.63, 3.8) is 0 Å². The highest BCUT2D eigenvalue weighted by Crippen LogP contribution is 2.16. The number of rotatable bonds is 2. The van der Waals surface area contributed by atoms with E-state index in [2.05, 4.69) is 4.74 Å². The zero-order valence-electron chi connectivity index (χ0n) is 8.23. The van der Waals surface area contributed by atoms with Crippen LogP contribution in [0.1, 0.15) is 13.3 Å². The lowest BCUT2D eigenvalue weighted by molar-refractivity contribution is -0.147. The van der Waals surface area contributed by atoms with Gasteiger partial charge in [-0.25, -0.2) is 9.59 Å². The van der Waals surface area contributed by atoms with Crippen LogP contribution in [0, 0.1) is 0 Å². The van der Waals surface area contributed by atoms with Crippen LogP contribution < -0.4 is 0 Å². The highest BCUT2D eigenvalue weighted by molar-refractivity contribution is 5.83. The van der Waals surface area contributed by atoms with Gasteiger partial charge in [-0.15, -0.1) is 0 Å². The van der Waals surface area contributed by atoms with Gasteiger partial charge in [0, 0.05) is 6.20 Å². The van der Waals surface area contributed by atoms with Gasteiger partial charge in [0.25, 0.3) is 0 Å². The van der Waals surface area contributed by atoms with E-state index in [1.807, 2.05) is 0 Å². The number of methoxy groups -OCH3 is 1. The third-order valence-electron chi connectivity index (χ3n) is 1.91. The van der Waals surface area contributed by atoms with E-state index < -0.39 is 18.1 Å². The van der Waals surface area contributed by atoms with Crippen LogP contribution in [-0.4, -0.2) is 36.7 Å². The molecule has 0 aromatic heterocycles. The van der Waals surface area contributed by atoms with E-state index >= 15 is 0 Å². The maximum atomic E-state index is 11.4. The first-order valence-electron chi connectivity index (χ1n) is 4.40. The fourth-order valence-electron chi connectivity index (χ4n) is 1.26. The summed E-state index contributed by atoms with van der Waals surface area (Å²) in [7, 11) is 1.27. The van der Waals surface area contributed by atoms with E-state index in [-0.39, 0.29) is 0 Å². The van der Waals surface area contributed by atoms with E-state index in [1.165, 1.54) is 18.2 Å². The van der Waals surface area contributed by atoms with Gasteiger partial charge >= 0.3 is 12.1 Å². The van der Waals surface area contributed by atoms with E-state index in [0.717, 1.165) is 0 Å². The second-order valence-electron chi connectivity index (χ2n) is 2.77. The van der Waals surface area contributed by atoms with Crippen molar-refractivity contribution >= 4 is 12.1 Å². The topological polar surface area (TPSA) is 55.8 Å². The van der Waals surface area contributed by atoms with Crippen molar-refractivity contribution in [1.82, 2.24) is 4.90 Å². The number of hydrogen-bond acceptors (Lipinski definition) is 4. The van der Waals surface area contributed by atoms with Crippen LogP contribution in [0.5, 0.6) is 0 Å². The fourth-order valence-corrected chi connectivity index (χ4v) is 1.26. The molecule has 78 valence electrons. The molecule has 1 heterocycles. The van der Waals surface area contributed by atoms with Gasteiger partial charge in [0.2, 0.25) is 0 Å².